The highest BCUT2D eigenvalue weighted by molar-refractivity contribution is 6.05. The summed E-state index contributed by atoms with van der Waals surface area (Å²) < 4.78 is 38.6. The lowest BCUT2D eigenvalue weighted by atomic mass is 9.94. The van der Waals surface area contributed by atoms with E-state index >= 15 is 0 Å². The Morgan fingerprint density at radius 2 is 1.86 bits per heavy atom. The van der Waals surface area contributed by atoms with Crippen LogP contribution in [0.25, 0.3) is 10.9 Å². The number of para-hydroxylation sites is 1. The first-order chi connectivity index (χ1) is 9.71. The maximum absolute atomic E-state index is 12.9. The Morgan fingerprint density at radius 1 is 1.24 bits per heavy atom. The Kier molecular flexibility index (Phi) is 4.03. The Balaban J connectivity index is 2.75. The second kappa shape index (κ2) is 5.47. The van der Waals surface area contributed by atoms with Crippen LogP contribution in [0.15, 0.2) is 24.3 Å². The molecule has 0 aliphatic heterocycles. The highest BCUT2D eigenvalue weighted by Gasteiger charge is 2.41. The lowest BCUT2D eigenvalue weighted by molar-refractivity contribution is -0.0886. The second-order valence-electron chi connectivity index (χ2n) is 5.50. The van der Waals surface area contributed by atoms with Gasteiger partial charge in [0.05, 0.1) is 16.8 Å². The smallest absolute Gasteiger partial charge is 0.284 e. The number of carbonyl (C=O) groups excluding carboxylic acids is 1. The van der Waals surface area contributed by atoms with Crippen LogP contribution in [0.3, 0.4) is 0 Å². The van der Waals surface area contributed by atoms with Gasteiger partial charge in [-0.2, -0.15) is 13.2 Å². The Bertz CT molecular complexity index is 690. The number of halogens is 3. The Hall–Kier alpha value is -1.91. The van der Waals surface area contributed by atoms with Gasteiger partial charge in [0, 0.05) is 5.39 Å². The fourth-order valence-electron chi connectivity index (χ4n) is 2.42. The summed E-state index contributed by atoms with van der Waals surface area (Å²) in [5.41, 5.74) is 0.890. The molecule has 0 unspecified atom stereocenters. The van der Waals surface area contributed by atoms with E-state index < -0.39 is 12.0 Å². The van der Waals surface area contributed by atoms with E-state index in [1.807, 2.05) is 13.8 Å². The third-order valence-corrected chi connectivity index (χ3v) is 3.31. The molecule has 0 bridgehead atoms. The third kappa shape index (κ3) is 3.06. The molecule has 2 nitrogen and oxygen atoms in total. The molecule has 112 valence electrons. The predicted octanol–water partition coefficient (Wildman–Crippen LogP) is 4.49. The van der Waals surface area contributed by atoms with Crippen molar-refractivity contribution in [3.63, 3.8) is 0 Å². The second-order valence-corrected chi connectivity index (χ2v) is 5.50. The molecule has 0 atom stereocenters. The van der Waals surface area contributed by atoms with Gasteiger partial charge in [-0.15, -0.1) is 0 Å². The van der Waals surface area contributed by atoms with Crippen LogP contribution in [0.5, 0.6) is 0 Å². The molecule has 0 N–H and O–H groups in total. The van der Waals surface area contributed by atoms with Crippen molar-refractivity contribution in [1.29, 1.82) is 0 Å². The van der Waals surface area contributed by atoms with Gasteiger partial charge in [0.1, 0.15) is 0 Å². The Labute approximate surface area is 121 Å². The van der Waals surface area contributed by atoms with Crippen molar-refractivity contribution in [3.05, 3.63) is 41.1 Å². The van der Waals surface area contributed by atoms with Crippen LogP contribution in [0.4, 0.5) is 13.2 Å². The molecular weight excluding hydrogens is 279 g/mol. The minimum atomic E-state index is -4.89. The van der Waals surface area contributed by atoms with Crippen LogP contribution < -0.4 is 0 Å². The fraction of sp³-hybridized carbons (Fsp3) is 0.375. The number of carbonyl (C=O) groups is 1. The summed E-state index contributed by atoms with van der Waals surface area (Å²) in [7, 11) is 0. The quantitative estimate of drug-likeness (QED) is 0.781. The van der Waals surface area contributed by atoms with Gasteiger partial charge < -0.3 is 0 Å². The summed E-state index contributed by atoms with van der Waals surface area (Å²) in [6.45, 7) is 5.31. The zero-order valence-corrected chi connectivity index (χ0v) is 12.1. The lowest BCUT2D eigenvalue weighted by Crippen LogP contribution is -2.26. The van der Waals surface area contributed by atoms with E-state index in [4.69, 9.17) is 0 Å². The molecule has 0 fully saturated rings. The zero-order chi connectivity index (χ0) is 15.8. The van der Waals surface area contributed by atoms with Gasteiger partial charge in [0.15, 0.2) is 0 Å². The van der Waals surface area contributed by atoms with Crippen molar-refractivity contribution in [2.24, 2.45) is 5.92 Å². The van der Waals surface area contributed by atoms with E-state index in [9.17, 15) is 18.0 Å². The largest absolute Gasteiger partial charge is 0.454 e. The molecule has 1 aromatic carbocycles. The summed E-state index contributed by atoms with van der Waals surface area (Å²) in [5.74, 6) is -1.70. The van der Waals surface area contributed by atoms with Gasteiger partial charge >= 0.3 is 6.18 Å². The maximum Gasteiger partial charge on any atom is 0.454 e. The SMILES string of the molecule is Cc1c(C(=O)C(F)(F)F)c(CC(C)C)nc2ccccc12. The Morgan fingerprint density at radius 3 is 2.43 bits per heavy atom. The first-order valence-electron chi connectivity index (χ1n) is 6.71. The number of rotatable bonds is 3. The molecule has 0 amide bonds. The molecule has 1 heterocycles. The van der Waals surface area contributed by atoms with E-state index in [1.54, 1.807) is 31.2 Å². The number of aryl methyl sites for hydroxylation is 1. The number of hydrogen-bond acceptors (Lipinski definition) is 2. The van der Waals surface area contributed by atoms with Gasteiger partial charge in [-0.1, -0.05) is 32.0 Å². The summed E-state index contributed by atoms with van der Waals surface area (Å²) in [5, 5.41) is 0.581. The fourth-order valence-corrected chi connectivity index (χ4v) is 2.42. The lowest BCUT2D eigenvalue weighted by Gasteiger charge is -2.16. The first kappa shape index (κ1) is 15.5. The van der Waals surface area contributed by atoms with Crippen molar-refractivity contribution < 1.29 is 18.0 Å². The number of fused-ring (bicyclic) bond motifs is 1. The zero-order valence-electron chi connectivity index (χ0n) is 12.1. The summed E-state index contributed by atoms with van der Waals surface area (Å²) in [6, 6.07) is 6.93. The van der Waals surface area contributed by atoms with Crippen LogP contribution in [-0.4, -0.2) is 16.9 Å². The molecule has 5 heteroatoms. The maximum atomic E-state index is 12.9. The number of nitrogens with zero attached hydrogens (tertiary/aromatic N) is 1. The minimum Gasteiger partial charge on any atom is -0.284 e. The molecule has 1 aromatic heterocycles. The van der Waals surface area contributed by atoms with Crippen LogP contribution in [0.1, 0.15) is 35.5 Å². The van der Waals surface area contributed by atoms with Crippen molar-refractivity contribution in [3.8, 4) is 0 Å². The number of alkyl halides is 3. The van der Waals surface area contributed by atoms with E-state index in [1.165, 1.54) is 0 Å². The van der Waals surface area contributed by atoms with Crippen molar-refractivity contribution >= 4 is 16.7 Å². The van der Waals surface area contributed by atoms with Crippen LogP contribution in [0, 0.1) is 12.8 Å². The van der Waals surface area contributed by atoms with Crippen LogP contribution in [0.2, 0.25) is 0 Å². The number of hydrogen-bond donors (Lipinski definition) is 0. The van der Waals surface area contributed by atoms with Gasteiger partial charge in [-0.3, -0.25) is 9.78 Å². The number of ketones is 1. The van der Waals surface area contributed by atoms with Crippen molar-refractivity contribution in [1.82, 2.24) is 4.98 Å². The highest BCUT2D eigenvalue weighted by atomic mass is 19.4. The monoisotopic (exact) mass is 295 g/mol. The van der Waals surface area contributed by atoms with E-state index in [0.29, 0.717) is 22.9 Å². The van der Waals surface area contributed by atoms with E-state index in [0.717, 1.165) is 0 Å². The third-order valence-electron chi connectivity index (χ3n) is 3.31. The molecule has 0 radical (unpaired) electrons. The summed E-state index contributed by atoms with van der Waals surface area (Å²) >= 11 is 0. The molecule has 0 saturated carbocycles. The molecule has 0 saturated heterocycles. The highest BCUT2D eigenvalue weighted by Crippen LogP contribution is 2.30. The number of Topliss-reactive ketones (excluding diaryl/α,β-unsaturated/α-hetero) is 1. The van der Waals surface area contributed by atoms with E-state index in [2.05, 4.69) is 4.98 Å². The molecule has 0 aliphatic carbocycles. The average molecular weight is 295 g/mol. The van der Waals surface area contributed by atoms with Gasteiger partial charge in [0.2, 0.25) is 0 Å². The number of pyridine rings is 1. The van der Waals surface area contributed by atoms with Crippen molar-refractivity contribution in [2.75, 3.05) is 0 Å². The predicted molar refractivity (Wildman–Crippen MR) is 75.4 cm³/mol. The number of benzene rings is 1. The number of aromatic nitrogens is 1. The van der Waals surface area contributed by atoms with Crippen LogP contribution in [-0.2, 0) is 6.42 Å². The van der Waals surface area contributed by atoms with Gasteiger partial charge in [-0.05, 0) is 30.9 Å². The molecule has 21 heavy (non-hydrogen) atoms. The topological polar surface area (TPSA) is 30.0 Å². The minimum absolute atomic E-state index is 0.109. The van der Waals surface area contributed by atoms with Gasteiger partial charge in [-0.25, -0.2) is 0 Å². The summed E-state index contributed by atoms with van der Waals surface area (Å²) in [4.78, 5) is 16.1. The van der Waals surface area contributed by atoms with Gasteiger partial charge in [0.25, 0.3) is 5.78 Å². The van der Waals surface area contributed by atoms with E-state index in [-0.39, 0.29) is 17.2 Å². The molecule has 0 aliphatic rings. The van der Waals surface area contributed by atoms with Crippen LogP contribution >= 0.6 is 0 Å². The molecule has 2 rings (SSSR count). The summed E-state index contributed by atoms with van der Waals surface area (Å²) in [6.07, 6.45) is -4.55. The molecule has 0 spiro atoms. The van der Waals surface area contributed by atoms with Crippen molar-refractivity contribution in [2.45, 2.75) is 33.4 Å². The average Bonchev–Trinajstić information content (AvgIpc) is 2.36. The normalized spacial score (nSPS) is 12.1. The molecular formula is C16H16F3NO. The molecule has 2 aromatic rings. The first-order valence-corrected chi connectivity index (χ1v) is 6.71. The standard InChI is InChI=1S/C16H16F3NO/c1-9(2)8-13-14(15(21)16(17,18)19)10(3)11-6-4-5-7-12(11)20-13/h4-7,9H,8H2,1-3H3.